The maximum absolute atomic E-state index is 14.4. The molecule has 0 radical (unpaired) electrons. The first kappa shape index (κ1) is 19.0. The summed E-state index contributed by atoms with van der Waals surface area (Å²) in [6.07, 6.45) is 3.84. The normalized spacial score (nSPS) is 18.1. The van der Waals surface area contributed by atoms with E-state index in [0.29, 0.717) is 23.2 Å². The summed E-state index contributed by atoms with van der Waals surface area (Å²) < 4.78 is 17.5. The molecule has 9 heteroatoms. The van der Waals surface area contributed by atoms with Crippen LogP contribution in [0.1, 0.15) is 24.8 Å². The first-order chi connectivity index (χ1) is 14.5. The molecule has 1 aromatic carbocycles. The molecule has 5 rings (SSSR count). The third-order valence-corrected chi connectivity index (χ3v) is 6.46. The Morgan fingerprint density at radius 3 is 2.53 bits per heavy atom. The third-order valence-electron chi connectivity index (χ3n) is 6.46. The Kier molecular flexibility index (Phi) is 4.69. The number of nitrogens with one attached hydrogen (secondary N) is 1. The van der Waals surface area contributed by atoms with E-state index in [4.69, 9.17) is 0 Å². The van der Waals surface area contributed by atoms with Crippen molar-refractivity contribution >= 4 is 17.1 Å². The molecule has 0 bridgehead atoms. The molecule has 2 aliphatic rings. The first-order valence-corrected chi connectivity index (χ1v) is 10.4. The van der Waals surface area contributed by atoms with Gasteiger partial charge in [0.15, 0.2) is 11.2 Å². The molecule has 1 aliphatic heterocycles. The Labute approximate surface area is 172 Å². The second-order valence-corrected chi connectivity index (χ2v) is 8.19. The van der Waals surface area contributed by atoms with E-state index in [0.717, 1.165) is 26.2 Å². The molecule has 3 heterocycles. The summed E-state index contributed by atoms with van der Waals surface area (Å²) in [6, 6.07) is 7.21. The van der Waals surface area contributed by atoms with Crippen molar-refractivity contribution in [3.05, 3.63) is 56.5 Å². The minimum Gasteiger partial charge on any atom is -0.340 e. The predicted molar refractivity (Wildman–Crippen MR) is 113 cm³/mol. The molecular weight excluding hydrogens is 387 g/mol. The summed E-state index contributed by atoms with van der Waals surface area (Å²) in [5.41, 5.74) is 0.0633. The Bertz CT molecular complexity index is 1200. The Morgan fingerprint density at radius 2 is 1.87 bits per heavy atom. The van der Waals surface area contributed by atoms with Gasteiger partial charge < -0.3 is 4.90 Å². The summed E-state index contributed by atoms with van der Waals surface area (Å²) in [6.45, 7) is 3.60. The van der Waals surface area contributed by atoms with Crippen molar-refractivity contribution in [1.82, 2.24) is 24.0 Å². The van der Waals surface area contributed by atoms with Crippen LogP contribution >= 0.6 is 0 Å². The van der Waals surface area contributed by atoms with Crippen LogP contribution in [0.3, 0.4) is 0 Å². The van der Waals surface area contributed by atoms with E-state index in [2.05, 4.69) is 19.8 Å². The fourth-order valence-electron chi connectivity index (χ4n) is 4.45. The number of aryl methyl sites for hydroxylation is 1. The predicted octanol–water partition coefficient (Wildman–Crippen LogP) is 1.29. The monoisotopic (exact) mass is 412 g/mol. The first-order valence-electron chi connectivity index (χ1n) is 10.4. The largest absolute Gasteiger partial charge is 0.340 e. The highest BCUT2D eigenvalue weighted by Gasteiger charge is 2.30. The van der Waals surface area contributed by atoms with E-state index in [1.807, 2.05) is 0 Å². The lowest BCUT2D eigenvalue weighted by Gasteiger charge is -2.43. The number of aromatic nitrogens is 4. The van der Waals surface area contributed by atoms with Crippen LogP contribution < -0.4 is 16.1 Å². The topological polar surface area (TPSA) is 79.2 Å². The molecule has 0 unspecified atom stereocenters. The number of rotatable bonds is 4. The van der Waals surface area contributed by atoms with Crippen LogP contribution in [0, 0.1) is 5.82 Å². The zero-order chi connectivity index (χ0) is 20.8. The van der Waals surface area contributed by atoms with Crippen molar-refractivity contribution in [2.75, 3.05) is 31.1 Å². The number of piperazine rings is 1. The van der Waals surface area contributed by atoms with Crippen molar-refractivity contribution in [2.45, 2.75) is 31.8 Å². The smallest absolute Gasteiger partial charge is 0.329 e. The molecule has 158 valence electrons. The van der Waals surface area contributed by atoms with E-state index < -0.39 is 11.2 Å². The van der Waals surface area contributed by atoms with Crippen LogP contribution in [0.5, 0.6) is 0 Å². The van der Waals surface area contributed by atoms with Crippen LogP contribution in [0.15, 0.2) is 33.9 Å². The average Bonchev–Trinajstić information content (AvgIpc) is 3.07. The van der Waals surface area contributed by atoms with E-state index >= 15 is 0 Å². The van der Waals surface area contributed by atoms with Crippen LogP contribution in [0.25, 0.3) is 11.2 Å². The highest BCUT2D eigenvalue weighted by atomic mass is 19.1. The van der Waals surface area contributed by atoms with Crippen LogP contribution in [-0.4, -0.2) is 56.2 Å². The van der Waals surface area contributed by atoms with Gasteiger partial charge in [0.2, 0.25) is 5.95 Å². The minimum absolute atomic E-state index is 0.169. The minimum atomic E-state index is -0.510. The van der Waals surface area contributed by atoms with E-state index in [1.165, 1.54) is 29.9 Å². The maximum atomic E-state index is 14.4. The Hall–Kier alpha value is -2.94. The van der Waals surface area contributed by atoms with E-state index in [9.17, 15) is 14.0 Å². The molecule has 1 saturated heterocycles. The zero-order valence-corrected chi connectivity index (χ0v) is 17.0. The SMILES string of the molecule is Cn1c(=O)[nH]c(=O)c2c1nc(N1CCN(C3CCC3)CC1)n2Cc1ccccc1F. The highest BCUT2D eigenvalue weighted by molar-refractivity contribution is 5.74. The van der Waals surface area contributed by atoms with E-state index in [-0.39, 0.29) is 17.9 Å². The molecule has 0 spiro atoms. The number of imidazole rings is 1. The van der Waals surface area contributed by atoms with Crippen molar-refractivity contribution in [1.29, 1.82) is 0 Å². The van der Waals surface area contributed by atoms with Crippen LogP contribution in [0.2, 0.25) is 0 Å². The summed E-state index contributed by atoms with van der Waals surface area (Å²) in [5.74, 6) is 0.273. The van der Waals surface area contributed by atoms with Gasteiger partial charge in [0.25, 0.3) is 5.56 Å². The van der Waals surface area contributed by atoms with Gasteiger partial charge in [-0.1, -0.05) is 24.6 Å². The van der Waals surface area contributed by atoms with Crippen molar-refractivity contribution < 1.29 is 4.39 Å². The molecule has 1 N–H and O–H groups in total. The fraction of sp³-hybridized carbons (Fsp3) is 0.476. The molecule has 2 fully saturated rings. The number of aromatic amines is 1. The van der Waals surface area contributed by atoms with E-state index in [1.54, 1.807) is 29.8 Å². The second-order valence-electron chi connectivity index (χ2n) is 8.19. The molecule has 8 nitrogen and oxygen atoms in total. The quantitative estimate of drug-likeness (QED) is 0.699. The van der Waals surface area contributed by atoms with Gasteiger partial charge in [-0.25, -0.2) is 9.18 Å². The Morgan fingerprint density at radius 1 is 1.13 bits per heavy atom. The summed E-state index contributed by atoms with van der Waals surface area (Å²) >= 11 is 0. The molecule has 1 aliphatic carbocycles. The lowest BCUT2D eigenvalue weighted by atomic mass is 9.91. The standard InChI is InChI=1S/C21H25FN6O2/c1-25-18-17(19(29)24-21(25)30)28(13-14-5-2-3-8-16(14)22)20(23-18)27-11-9-26(10-12-27)15-6-4-7-15/h2-3,5,8,15H,4,6-7,9-13H2,1H3,(H,24,29,30). The van der Waals surface area contributed by atoms with Gasteiger partial charge in [0.05, 0.1) is 6.54 Å². The summed E-state index contributed by atoms with van der Waals surface area (Å²) in [4.78, 5) is 36.5. The number of halogens is 1. The van der Waals surface area contributed by atoms with Crippen molar-refractivity contribution in [3.63, 3.8) is 0 Å². The highest BCUT2D eigenvalue weighted by Crippen LogP contribution is 2.28. The number of anilines is 1. The summed E-state index contributed by atoms with van der Waals surface area (Å²) in [5, 5.41) is 0. The zero-order valence-electron chi connectivity index (χ0n) is 17.0. The number of fused-ring (bicyclic) bond motifs is 1. The van der Waals surface area contributed by atoms with Crippen LogP contribution in [-0.2, 0) is 13.6 Å². The van der Waals surface area contributed by atoms with Gasteiger partial charge in [-0.15, -0.1) is 0 Å². The Balaban J connectivity index is 1.57. The van der Waals surface area contributed by atoms with Gasteiger partial charge in [-0.2, -0.15) is 4.98 Å². The second kappa shape index (κ2) is 7.39. The number of benzene rings is 1. The molecule has 3 aromatic rings. The van der Waals surface area contributed by atoms with Crippen molar-refractivity contribution in [3.8, 4) is 0 Å². The maximum Gasteiger partial charge on any atom is 0.329 e. The number of nitrogens with zero attached hydrogens (tertiary/aromatic N) is 5. The third kappa shape index (κ3) is 3.13. The molecule has 2 aromatic heterocycles. The fourth-order valence-corrected chi connectivity index (χ4v) is 4.45. The van der Waals surface area contributed by atoms with Gasteiger partial charge >= 0.3 is 5.69 Å². The molecule has 0 atom stereocenters. The van der Waals surface area contributed by atoms with Gasteiger partial charge in [0.1, 0.15) is 5.82 Å². The molecule has 0 amide bonds. The molecule has 30 heavy (non-hydrogen) atoms. The average molecular weight is 412 g/mol. The number of hydrogen-bond donors (Lipinski definition) is 1. The molecular formula is C21H25FN6O2. The summed E-state index contributed by atoms with van der Waals surface area (Å²) in [7, 11) is 1.58. The number of hydrogen-bond acceptors (Lipinski definition) is 5. The van der Waals surface area contributed by atoms with Gasteiger partial charge in [-0.3, -0.25) is 23.8 Å². The van der Waals surface area contributed by atoms with Crippen molar-refractivity contribution in [2.24, 2.45) is 7.05 Å². The van der Waals surface area contributed by atoms with Gasteiger partial charge in [0, 0.05) is 44.8 Å². The van der Waals surface area contributed by atoms with Crippen LogP contribution in [0.4, 0.5) is 10.3 Å². The lowest BCUT2D eigenvalue weighted by molar-refractivity contribution is 0.120. The molecule has 1 saturated carbocycles. The van der Waals surface area contributed by atoms with Gasteiger partial charge in [-0.05, 0) is 18.9 Å². The lowest BCUT2D eigenvalue weighted by Crippen LogP contribution is -2.52. The number of H-pyrrole nitrogens is 1.